The van der Waals surface area contributed by atoms with Crippen molar-refractivity contribution in [1.29, 1.82) is 5.26 Å². The molecule has 1 aromatic heterocycles. The maximum Gasteiger partial charge on any atom is 0.280 e. The molecule has 0 bridgehead atoms. The quantitative estimate of drug-likeness (QED) is 0.853. The summed E-state index contributed by atoms with van der Waals surface area (Å²) in [7, 11) is 0. The van der Waals surface area contributed by atoms with Crippen molar-refractivity contribution in [3.8, 4) is 6.07 Å². The molecule has 6 heteroatoms. The largest absolute Gasteiger partial charge is 0.383 e. The molecule has 0 fully saturated rings. The van der Waals surface area contributed by atoms with Crippen molar-refractivity contribution in [1.82, 2.24) is 4.98 Å². The Kier molecular flexibility index (Phi) is 3.57. The lowest BCUT2D eigenvalue weighted by Crippen LogP contribution is -2.03. The molecule has 0 aromatic carbocycles. The second-order valence-electron chi connectivity index (χ2n) is 2.53. The van der Waals surface area contributed by atoms with E-state index in [0.29, 0.717) is 9.13 Å². The summed E-state index contributed by atoms with van der Waals surface area (Å²) in [5.74, 6) is 0.00810. The maximum atomic E-state index is 12.3. The van der Waals surface area contributed by atoms with Gasteiger partial charge in [-0.2, -0.15) is 5.26 Å². The zero-order valence-corrected chi connectivity index (χ0v) is 9.12. The number of hydrogen-bond donors (Lipinski definition) is 1. The molecule has 1 rings (SSSR count). The van der Waals surface area contributed by atoms with Crippen LogP contribution in [-0.2, 0) is 6.42 Å². The van der Waals surface area contributed by atoms with Gasteiger partial charge in [0.2, 0.25) is 0 Å². The molecule has 74 valence electrons. The van der Waals surface area contributed by atoms with Crippen molar-refractivity contribution >= 4 is 28.4 Å². The van der Waals surface area contributed by atoms with Gasteiger partial charge in [0, 0.05) is 9.13 Å². The lowest BCUT2D eigenvalue weighted by Gasteiger charge is -2.06. The first-order valence-electron chi connectivity index (χ1n) is 3.66. The Labute approximate surface area is 93.1 Å². The summed E-state index contributed by atoms with van der Waals surface area (Å²) in [6.07, 6.45) is -2.55. The fourth-order valence-corrected chi connectivity index (χ4v) is 1.73. The van der Waals surface area contributed by atoms with Crippen LogP contribution in [0.5, 0.6) is 0 Å². The summed E-state index contributed by atoms with van der Waals surface area (Å²) in [4.78, 5) is 3.52. The van der Waals surface area contributed by atoms with Gasteiger partial charge in [0.25, 0.3) is 6.43 Å². The third-order valence-corrected chi connectivity index (χ3v) is 2.56. The molecule has 3 nitrogen and oxygen atoms in total. The average molecular weight is 309 g/mol. The minimum atomic E-state index is -2.64. The van der Waals surface area contributed by atoms with Gasteiger partial charge >= 0.3 is 0 Å². The molecule has 0 aliphatic heterocycles. The molecule has 2 N–H and O–H groups in total. The molecule has 0 saturated heterocycles. The summed E-state index contributed by atoms with van der Waals surface area (Å²) < 4.78 is 25.1. The standard InChI is InChI=1S/C8H6F2IN3/c9-7(10)6-3-5(11)4(1-2-12)8(13)14-6/h3,7H,1H2,(H2,13,14). The van der Waals surface area contributed by atoms with Gasteiger partial charge in [0.15, 0.2) is 0 Å². The number of nitriles is 1. The average Bonchev–Trinajstić information content (AvgIpc) is 2.10. The van der Waals surface area contributed by atoms with Crippen LogP contribution in [0.2, 0.25) is 0 Å². The highest BCUT2D eigenvalue weighted by Gasteiger charge is 2.14. The van der Waals surface area contributed by atoms with E-state index in [2.05, 4.69) is 4.98 Å². The Morgan fingerprint density at radius 1 is 1.64 bits per heavy atom. The van der Waals surface area contributed by atoms with Gasteiger partial charge in [-0.05, 0) is 28.7 Å². The van der Waals surface area contributed by atoms with Gasteiger partial charge < -0.3 is 5.73 Å². The third-order valence-electron chi connectivity index (χ3n) is 1.60. The van der Waals surface area contributed by atoms with E-state index >= 15 is 0 Å². The van der Waals surface area contributed by atoms with Crippen molar-refractivity contribution in [2.45, 2.75) is 12.8 Å². The van der Waals surface area contributed by atoms with Crippen molar-refractivity contribution in [3.63, 3.8) is 0 Å². The Bertz CT molecular complexity index is 364. The van der Waals surface area contributed by atoms with E-state index in [1.165, 1.54) is 6.07 Å². The van der Waals surface area contributed by atoms with Crippen LogP contribution < -0.4 is 5.73 Å². The van der Waals surface area contributed by atoms with Gasteiger partial charge in [-0.3, -0.25) is 0 Å². The summed E-state index contributed by atoms with van der Waals surface area (Å²) in [6, 6.07) is 3.15. The summed E-state index contributed by atoms with van der Waals surface area (Å²) >= 11 is 1.86. The first kappa shape index (κ1) is 11.1. The SMILES string of the molecule is N#CCc1c(I)cc(C(F)F)nc1N. The number of nitrogens with two attached hydrogens (primary N) is 1. The number of anilines is 1. The van der Waals surface area contributed by atoms with Gasteiger partial charge in [-0.25, -0.2) is 13.8 Å². The molecule has 14 heavy (non-hydrogen) atoms. The normalized spacial score (nSPS) is 10.2. The number of pyridine rings is 1. The molecule has 1 aromatic rings. The molecular formula is C8H6F2IN3. The molecule has 0 spiro atoms. The number of halogens is 3. The van der Waals surface area contributed by atoms with Crippen LogP contribution in [-0.4, -0.2) is 4.98 Å². The molecular weight excluding hydrogens is 303 g/mol. The van der Waals surface area contributed by atoms with Crippen LogP contribution in [0.15, 0.2) is 6.07 Å². The number of rotatable bonds is 2. The monoisotopic (exact) mass is 309 g/mol. The molecule has 0 atom stereocenters. The number of nitrogen functional groups attached to an aromatic ring is 1. The molecule has 1 heterocycles. The van der Waals surface area contributed by atoms with Crippen molar-refractivity contribution in [2.75, 3.05) is 5.73 Å². The van der Waals surface area contributed by atoms with Crippen molar-refractivity contribution in [2.24, 2.45) is 0 Å². The zero-order valence-electron chi connectivity index (χ0n) is 6.97. The van der Waals surface area contributed by atoms with Crippen LogP contribution in [0.25, 0.3) is 0 Å². The van der Waals surface area contributed by atoms with Crippen LogP contribution in [0.4, 0.5) is 14.6 Å². The Balaban J connectivity index is 3.19. The lowest BCUT2D eigenvalue weighted by molar-refractivity contribution is 0.146. The first-order valence-corrected chi connectivity index (χ1v) is 4.74. The number of alkyl halides is 2. The molecule has 0 aliphatic rings. The van der Waals surface area contributed by atoms with E-state index in [1.54, 1.807) is 0 Å². The van der Waals surface area contributed by atoms with Gasteiger partial charge in [0.05, 0.1) is 12.5 Å². The minimum Gasteiger partial charge on any atom is -0.383 e. The number of hydrogen-bond acceptors (Lipinski definition) is 3. The number of aromatic nitrogens is 1. The Hall–Kier alpha value is -0.970. The fourth-order valence-electron chi connectivity index (χ4n) is 0.944. The second kappa shape index (κ2) is 4.50. The topological polar surface area (TPSA) is 62.7 Å². The van der Waals surface area contributed by atoms with Gasteiger partial charge in [-0.1, -0.05) is 0 Å². The van der Waals surface area contributed by atoms with Crippen molar-refractivity contribution < 1.29 is 8.78 Å². The van der Waals surface area contributed by atoms with Gasteiger partial charge in [-0.15, -0.1) is 0 Å². The van der Waals surface area contributed by atoms with E-state index in [0.717, 1.165) is 0 Å². The van der Waals surface area contributed by atoms with Crippen LogP contribution in [0.3, 0.4) is 0 Å². The highest BCUT2D eigenvalue weighted by atomic mass is 127. The lowest BCUT2D eigenvalue weighted by atomic mass is 10.2. The second-order valence-corrected chi connectivity index (χ2v) is 3.69. The van der Waals surface area contributed by atoms with Crippen LogP contribution in [0, 0.1) is 14.9 Å². The predicted octanol–water partition coefficient (Wildman–Crippen LogP) is 2.27. The van der Waals surface area contributed by atoms with E-state index in [-0.39, 0.29) is 17.9 Å². The summed E-state index contributed by atoms with van der Waals surface area (Å²) in [6.45, 7) is 0. The molecule has 0 amide bonds. The summed E-state index contributed by atoms with van der Waals surface area (Å²) in [5, 5.41) is 8.46. The Morgan fingerprint density at radius 3 is 2.71 bits per heavy atom. The minimum absolute atomic E-state index is 0.00810. The van der Waals surface area contributed by atoms with E-state index in [4.69, 9.17) is 11.0 Å². The Morgan fingerprint density at radius 2 is 2.29 bits per heavy atom. The number of nitrogens with zero attached hydrogens (tertiary/aromatic N) is 2. The van der Waals surface area contributed by atoms with Crippen molar-refractivity contribution in [3.05, 3.63) is 20.9 Å². The molecule has 0 unspecified atom stereocenters. The van der Waals surface area contributed by atoms with E-state index < -0.39 is 6.43 Å². The smallest absolute Gasteiger partial charge is 0.280 e. The zero-order chi connectivity index (χ0) is 10.7. The van der Waals surface area contributed by atoms with E-state index in [1.807, 2.05) is 28.7 Å². The third kappa shape index (κ3) is 2.29. The highest BCUT2D eigenvalue weighted by molar-refractivity contribution is 14.1. The summed E-state index contributed by atoms with van der Waals surface area (Å²) in [5.41, 5.74) is 5.60. The molecule has 0 aliphatic carbocycles. The van der Waals surface area contributed by atoms with Gasteiger partial charge in [0.1, 0.15) is 11.5 Å². The van der Waals surface area contributed by atoms with Crippen LogP contribution in [0.1, 0.15) is 17.7 Å². The predicted molar refractivity (Wildman–Crippen MR) is 55.6 cm³/mol. The maximum absolute atomic E-state index is 12.3. The molecule has 0 radical (unpaired) electrons. The van der Waals surface area contributed by atoms with E-state index in [9.17, 15) is 8.78 Å². The first-order chi connectivity index (χ1) is 6.56. The molecule has 0 saturated carbocycles. The fraction of sp³-hybridized carbons (Fsp3) is 0.250. The highest BCUT2D eigenvalue weighted by Crippen LogP contribution is 2.24. The van der Waals surface area contributed by atoms with Crippen LogP contribution >= 0.6 is 22.6 Å².